The zero-order valence-electron chi connectivity index (χ0n) is 11.0. The normalized spacial score (nSPS) is 11.1. The number of rotatable bonds is 5. The molecule has 0 radical (unpaired) electrons. The molecule has 2 aromatic rings. The van der Waals surface area contributed by atoms with Gasteiger partial charge in [0.2, 0.25) is 10.0 Å². The van der Waals surface area contributed by atoms with Gasteiger partial charge in [0.15, 0.2) is 0 Å². The van der Waals surface area contributed by atoms with E-state index < -0.39 is 10.0 Å². The summed E-state index contributed by atoms with van der Waals surface area (Å²) in [5.41, 5.74) is 2.35. The van der Waals surface area contributed by atoms with Crippen molar-refractivity contribution in [2.24, 2.45) is 0 Å². The first-order valence-corrected chi connectivity index (χ1v) is 7.91. The highest BCUT2D eigenvalue weighted by Crippen LogP contribution is 2.17. The largest absolute Gasteiger partial charge is 0.508 e. The fraction of sp³-hybridized carbons (Fsp3) is 0.143. The maximum atomic E-state index is 11.2. The van der Waals surface area contributed by atoms with Crippen molar-refractivity contribution in [3.8, 4) is 5.75 Å². The number of nitrogens with one attached hydrogen (secondary N) is 2. The predicted molar refractivity (Wildman–Crippen MR) is 80.3 cm³/mol. The highest BCUT2D eigenvalue weighted by Gasteiger charge is 2.02. The van der Waals surface area contributed by atoms with Gasteiger partial charge in [-0.05, 0) is 35.9 Å². The van der Waals surface area contributed by atoms with E-state index in [4.69, 9.17) is 0 Å². The molecule has 0 aliphatic rings. The quantitative estimate of drug-likeness (QED) is 0.790. The second-order valence-electron chi connectivity index (χ2n) is 4.48. The monoisotopic (exact) mass is 292 g/mol. The van der Waals surface area contributed by atoms with Gasteiger partial charge in [-0.3, -0.25) is 4.72 Å². The highest BCUT2D eigenvalue weighted by atomic mass is 32.2. The van der Waals surface area contributed by atoms with Gasteiger partial charge in [0.05, 0.1) is 11.9 Å². The number of hydrogen-bond acceptors (Lipinski definition) is 4. The summed E-state index contributed by atoms with van der Waals surface area (Å²) < 4.78 is 24.8. The number of aromatic hydroxyl groups is 1. The molecule has 106 valence electrons. The minimum atomic E-state index is -3.27. The van der Waals surface area contributed by atoms with Gasteiger partial charge in [0, 0.05) is 12.2 Å². The van der Waals surface area contributed by atoms with Gasteiger partial charge in [-0.25, -0.2) is 8.42 Å². The molecule has 0 bridgehead atoms. The maximum absolute atomic E-state index is 11.2. The van der Waals surface area contributed by atoms with Crippen LogP contribution in [0.1, 0.15) is 5.56 Å². The van der Waals surface area contributed by atoms with Gasteiger partial charge >= 0.3 is 0 Å². The Morgan fingerprint density at radius 2 is 1.70 bits per heavy atom. The van der Waals surface area contributed by atoms with Crippen LogP contribution < -0.4 is 10.0 Å². The van der Waals surface area contributed by atoms with Crippen molar-refractivity contribution in [2.75, 3.05) is 16.3 Å². The summed E-state index contributed by atoms with van der Waals surface area (Å²) in [5, 5.41) is 12.4. The van der Waals surface area contributed by atoms with Crippen LogP contribution in [0.4, 0.5) is 11.4 Å². The molecule has 20 heavy (non-hydrogen) atoms. The van der Waals surface area contributed by atoms with E-state index in [2.05, 4.69) is 10.0 Å². The van der Waals surface area contributed by atoms with Crippen molar-refractivity contribution in [2.45, 2.75) is 6.54 Å². The third-order valence-electron chi connectivity index (χ3n) is 2.60. The van der Waals surface area contributed by atoms with Crippen LogP contribution in [-0.2, 0) is 16.6 Å². The molecule has 3 N–H and O–H groups in total. The summed E-state index contributed by atoms with van der Waals surface area (Å²) in [6.07, 6.45) is 1.11. The zero-order chi connectivity index (χ0) is 14.6. The smallest absolute Gasteiger partial charge is 0.229 e. The predicted octanol–water partition coefficient (Wildman–Crippen LogP) is 2.38. The molecule has 0 fully saturated rings. The third kappa shape index (κ3) is 4.47. The van der Waals surface area contributed by atoms with E-state index >= 15 is 0 Å². The summed E-state index contributed by atoms with van der Waals surface area (Å²) in [6.45, 7) is 0.586. The Labute approximate surface area is 118 Å². The fourth-order valence-electron chi connectivity index (χ4n) is 1.72. The van der Waals surface area contributed by atoms with Crippen molar-refractivity contribution in [1.82, 2.24) is 0 Å². The summed E-state index contributed by atoms with van der Waals surface area (Å²) in [6, 6.07) is 13.9. The van der Waals surface area contributed by atoms with Crippen molar-refractivity contribution in [3.05, 3.63) is 54.1 Å². The highest BCUT2D eigenvalue weighted by molar-refractivity contribution is 7.92. The van der Waals surface area contributed by atoms with Crippen LogP contribution in [0.15, 0.2) is 48.5 Å². The number of benzene rings is 2. The molecule has 0 saturated heterocycles. The van der Waals surface area contributed by atoms with Gasteiger partial charge in [-0.15, -0.1) is 0 Å². The minimum Gasteiger partial charge on any atom is -0.508 e. The molecule has 0 amide bonds. The molecule has 0 saturated carbocycles. The molecule has 0 atom stereocenters. The fourth-order valence-corrected chi connectivity index (χ4v) is 2.28. The minimum absolute atomic E-state index is 0.230. The van der Waals surface area contributed by atoms with Gasteiger partial charge in [0.1, 0.15) is 5.75 Å². The standard InChI is InChI=1S/C14H16N2O3S/c1-20(18,19)16-13-4-2-3-12(9-13)15-10-11-5-7-14(17)8-6-11/h2-9,15-17H,10H2,1H3. The van der Waals surface area contributed by atoms with E-state index in [0.717, 1.165) is 17.5 Å². The Morgan fingerprint density at radius 3 is 2.35 bits per heavy atom. The van der Waals surface area contributed by atoms with Gasteiger partial charge < -0.3 is 10.4 Å². The van der Waals surface area contributed by atoms with Crippen molar-refractivity contribution >= 4 is 21.4 Å². The van der Waals surface area contributed by atoms with Crippen LogP contribution >= 0.6 is 0 Å². The number of phenolic OH excluding ortho intramolecular Hbond substituents is 1. The van der Waals surface area contributed by atoms with Crippen LogP contribution in [0.25, 0.3) is 0 Å². The molecule has 0 aliphatic heterocycles. The van der Waals surface area contributed by atoms with Crippen LogP contribution in [0.3, 0.4) is 0 Å². The molecule has 0 unspecified atom stereocenters. The SMILES string of the molecule is CS(=O)(=O)Nc1cccc(NCc2ccc(O)cc2)c1. The molecular weight excluding hydrogens is 276 g/mol. The van der Waals surface area contributed by atoms with Gasteiger partial charge in [0.25, 0.3) is 0 Å². The van der Waals surface area contributed by atoms with Gasteiger partial charge in [-0.2, -0.15) is 0 Å². The van der Waals surface area contributed by atoms with Crippen LogP contribution in [-0.4, -0.2) is 19.8 Å². The lowest BCUT2D eigenvalue weighted by atomic mass is 10.2. The number of sulfonamides is 1. The molecule has 0 heterocycles. The summed E-state index contributed by atoms with van der Waals surface area (Å²) in [4.78, 5) is 0. The van der Waals surface area contributed by atoms with E-state index in [-0.39, 0.29) is 5.75 Å². The Morgan fingerprint density at radius 1 is 1.05 bits per heavy atom. The van der Waals surface area contributed by atoms with E-state index in [9.17, 15) is 13.5 Å². The van der Waals surface area contributed by atoms with Crippen LogP contribution in [0.2, 0.25) is 0 Å². The molecule has 6 heteroatoms. The molecule has 2 aromatic carbocycles. The summed E-state index contributed by atoms with van der Waals surface area (Å²) in [5.74, 6) is 0.230. The van der Waals surface area contributed by atoms with Crippen molar-refractivity contribution in [3.63, 3.8) is 0 Å². The second-order valence-corrected chi connectivity index (χ2v) is 6.22. The average Bonchev–Trinajstić information content (AvgIpc) is 2.36. The number of phenols is 1. The Hall–Kier alpha value is -2.21. The number of anilines is 2. The Balaban J connectivity index is 2.03. The van der Waals surface area contributed by atoms with E-state index in [1.807, 2.05) is 18.2 Å². The molecular formula is C14H16N2O3S. The first kappa shape index (κ1) is 14.2. The van der Waals surface area contributed by atoms with E-state index in [0.29, 0.717) is 12.2 Å². The molecule has 0 aliphatic carbocycles. The second kappa shape index (κ2) is 5.83. The maximum Gasteiger partial charge on any atom is 0.229 e. The molecule has 0 aromatic heterocycles. The molecule has 0 spiro atoms. The van der Waals surface area contributed by atoms with E-state index in [1.54, 1.807) is 30.3 Å². The first-order valence-electron chi connectivity index (χ1n) is 6.02. The summed E-state index contributed by atoms with van der Waals surface area (Å²) in [7, 11) is -3.27. The summed E-state index contributed by atoms with van der Waals surface area (Å²) >= 11 is 0. The lowest BCUT2D eigenvalue weighted by Gasteiger charge is -2.09. The lowest BCUT2D eigenvalue weighted by Crippen LogP contribution is -2.09. The third-order valence-corrected chi connectivity index (χ3v) is 3.21. The Kier molecular flexibility index (Phi) is 4.14. The van der Waals surface area contributed by atoms with Crippen LogP contribution in [0, 0.1) is 0 Å². The number of hydrogen-bond donors (Lipinski definition) is 3. The molecule has 2 rings (SSSR count). The average molecular weight is 292 g/mol. The lowest BCUT2D eigenvalue weighted by molar-refractivity contribution is 0.475. The topological polar surface area (TPSA) is 78.4 Å². The van der Waals surface area contributed by atoms with Crippen molar-refractivity contribution in [1.29, 1.82) is 0 Å². The zero-order valence-corrected chi connectivity index (χ0v) is 11.8. The van der Waals surface area contributed by atoms with Gasteiger partial charge in [-0.1, -0.05) is 18.2 Å². The van der Waals surface area contributed by atoms with Crippen molar-refractivity contribution < 1.29 is 13.5 Å². The Bertz CT molecular complexity index is 682. The van der Waals surface area contributed by atoms with Crippen LogP contribution in [0.5, 0.6) is 5.75 Å². The first-order chi connectivity index (χ1) is 9.42. The molecule has 5 nitrogen and oxygen atoms in total. The van der Waals surface area contributed by atoms with E-state index in [1.165, 1.54) is 0 Å².